The Kier molecular flexibility index (Phi) is 18.7. The van der Waals surface area contributed by atoms with Crippen molar-refractivity contribution >= 4 is 23.8 Å². The van der Waals surface area contributed by atoms with E-state index in [2.05, 4.69) is 0 Å². The van der Waals surface area contributed by atoms with Crippen LogP contribution in [0.4, 0.5) is 0 Å². The summed E-state index contributed by atoms with van der Waals surface area (Å²) >= 11 is 0. The van der Waals surface area contributed by atoms with Crippen LogP contribution in [0, 0.1) is 0 Å². The Balaban J connectivity index is 0.000000554. The number of nitrogens with two attached hydrogens (primary N) is 2. The number of para-hydroxylation sites is 2. The molecular weight excluding hydrogens is 496 g/mol. The van der Waals surface area contributed by atoms with Crippen LogP contribution in [0.1, 0.15) is 84.9 Å². The van der Waals surface area contributed by atoms with Gasteiger partial charge in [0.2, 0.25) is 0 Å². The highest BCUT2D eigenvalue weighted by Gasteiger charge is 2.07. The molecule has 0 atom stereocenters. The number of benzene rings is 2. The quantitative estimate of drug-likeness (QED) is 0.0810. The third-order valence-corrected chi connectivity index (χ3v) is 5.09. The molecule has 2 aromatic rings. The average Bonchev–Trinajstić information content (AvgIpc) is 2.90. The first-order valence-electron chi connectivity index (χ1n) is 12.2. The molecule has 2 amide bonds. The van der Waals surface area contributed by atoms with Gasteiger partial charge in [0.1, 0.15) is 11.5 Å². The van der Waals surface area contributed by atoms with Crippen molar-refractivity contribution in [1.29, 1.82) is 0 Å². The fraction of sp³-hybridized carbons (Fsp3) is 0.385. The third-order valence-electron chi connectivity index (χ3n) is 5.09. The molecule has 0 saturated heterocycles. The Morgan fingerprint density at radius 1 is 0.553 bits per heavy atom. The molecule has 0 aliphatic carbocycles. The number of phenolic OH excluding ortho intramolecular Hbond substituents is 2. The number of nitrogens with one attached hydrogen (secondary N) is 2. The number of hydrogen-bond donors (Lipinski definition) is 8. The minimum Gasteiger partial charge on any atom is -0.507 e. The molecule has 0 unspecified atom stereocenters. The van der Waals surface area contributed by atoms with Crippen molar-refractivity contribution in [2.24, 2.45) is 11.7 Å². The molecule has 0 aliphatic heterocycles. The normalized spacial score (nSPS) is 9.63. The monoisotopic (exact) mass is 534 g/mol. The Labute approximate surface area is 221 Å². The van der Waals surface area contributed by atoms with Gasteiger partial charge in [0, 0.05) is 12.8 Å². The summed E-state index contributed by atoms with van der Waals surface area (Å²) in [5.74, 6) is 7.15. The first-order valence-corrected chi connectivity index (χ1v) is 12.2. The van der Waals surface area contributed by atoms with E-state index < -0.39 is 23.8 Å². The van der Waals surface area contributed by atoms with Crippen LogP contribution in [-0.4, -0.2) is 44.2 Å². The molecular formula is C26H38N4O8. The number of carbonyl (C=O) groups excluding carboxylic acids is 2. The van der Waals surface area contributed by atoms with Crippen LogP contribution in [0.3, 0.4) is 0 Å². The van der Waals surface area contributed by atoms with Crippen LogP contribution in [0.15, 0.2) is 48.5 Å². The molecule has 2 aromatic carbocycles. The molecule has 0 bridgehead atoms. The summed E-state index contributed by atoms with van der Waals surface area (Å²) in [5, 5.41) is 35.0. The van der Waals surface area contributed by atoms with Crippen molar-refractivity contribution in [2.45, 2.75) is 64.2 Å². The summed E-state index contributed by atoms with van der Waals surface area (Å²) in [6, 6.07) is 12.4. The Morgan fingerprint density at radius 3 is 1.11 bits per heavy atom. The first kappa shape index (κ1) is 33.8. The van der Waals surface area contributed by atoms with E-state index in [9.17, 15) is 19.2 Å². The van der Waals surface area contributed by atoms with Gasteiger partial charge >= 0.3 is 11.9 Å². The van der Waals surface area contributed by atoms with Gasteiger partial charge < -0.3 is 20.4 Å². The second-order valence-corrected chi connectivity index (χ2v) is 8.10. The summed E-state index contributed by atoms with van der Waals surface area (Å²) in [5.41, 5.74) is 4.20. The van der Waals surface area contributed by atoms with E-state index in [0.29, 0.717) is 0 Å². The summed E-state index contributed by atoms with van der Waals surface area (Å²) in [7, 11) is 0. The number of carbonyl (C=O) groups is 4. The maximum Gasteiger partial charge on any atom is 0.303 e. The van der Waals surface area contributed by atoms with Crippen LogP contribution in [-0.2, 0) is 9.59 Å². The van der Waals surface area contributed by atoms with Gasteiger partial charge in [-0.2, -0.15) is 0 Å². The number of nitrogen functional groups attached to an aromatic ring is 2. The maximum absolute atomic E-state index is 10.8. The summed E-state index contributed by atoms with van der Waals surface area (Å²) in [6.45, 7) is 0. The zero-order chi connectivity index (χ0) is 28.8. The highest BCUT2D eigenvalue weighted by Crippen LogP contribution is 2.15. The van der Waals surface area contributed by atoms with E-state index >= 15 is 0 Å². The van der Waals surface area contributed by atoms with E-state index in [0.717, 1.165) is 51.4 Å². The molecule has 12 heteroatoms. The SMILES string of the molecule is NNC(=O)c1ccccc1O.NNC(=O)c1ccccc1O.O=C(O)CCCCCCCCCCC(=O)O. The molecule has 10 N–H and O–H groups in total. The van der Waals surface area contributed by atoms with Crippen LogP contribution >= 0.6 is 0 Å². The molecule has 38 heavy (non-hydrogen) atoms. The number of aliphatic carboxylic acids is 2. The number of unbranched alkanes of at least 4 members (excludes halogenated alkanes) is 7. The third kappa shape index (κ3) is 16.5. The number of hydrazine groups is 2. The number of carboxylic acid groups (broad SMARTS) is 2. The maximum atomic E-state index is 10.8. The molecule has 0 spiro atoms. The van der Waals surface area contributed by atoms with Crippen molar-refractivity contribution in [3.63, 3.8) is 0 Å². The average molecular weight is 535 g/mol. The Hall–Kier alpha value is -4.16. The van der Waals surface area contributed by atoms with Gasteiger partial charge in [0.05, 0.1) is 11.1 Å². The predicted molar refractivity (Wildman–Crippen MR) is 141 cm³/mol. The minimum absolute atomic E-state index is 0.0737. The van der Waals surface area contributed by atoms with Crippen LogP contribution in [0.25, 0.3) is 0 Å². The minimum atomic E-state index is -0.714. The predicted octanol–water partition coefficient (Wildman–Crippen LogP) is 3.05. The molecule has 0 aliphatic rings. The standard InChI is InChI=1S/C12H22O4.2C7H8N2O2/c13-11(14)9-7-5-3-1-2-4-6-8-10-12(15)16;2*8-9-7(11)5-3-1-2-4-6(5)10/h1-10H2,(H,13,14)(H,15,16);2*1-4,10H,8H2,(H,9,11). The van der Waals surface area contributed by atoms with Crippen molar-refractivity contribution in [1.82, 2.24) is 10.9 Å². The van der Waals surface area contributed by atoms with Gasteiger partial charge in [0.25, 0.3) is 11.8 Å². The number of phenols is 2. The summed E-state index contributed by atoms with van der Waals surface area (Å²) < 4.78 is 0. The zero-order valence-corrected chi connectivity index (χ0v) is 21.3. The molecule has 0 saturated carbocycles. The molecule has 0 radical (unpaired) electrons. The van der Waals surface area contributed by atoms with E-state index in [1.165, 1.54) is 24.3 Å². The van der Waals surface area contributed by atoms with Crippen LogP contribution in [0.5, 0.6) is 11.5 Å². The number of aromatic hydroxyl groups is 2. The van der Waals surface area contributed by atoms with Gasteiger partial charge in [-0.15, -0.1) is 0 Å². The van der Waals surface area contributed by atoms with Gasteiger partial charge in [0.15, 0.2) is 0 Å². The highest BCUT2D eigenvalue weighted by atomic mass is 16.4. The van der Waals surface area contributed by atoms with E-state index in [1.54, 1.807) is 24.3 Å². The molecule has 0 heterocycles. The Bertz CT molecular complexity index is 921. The Morgan fingerprint density at radius 2 is 0.842 bits per heavy atom. The second-order valence-electron chi connectivity index (χ2n) is 8.10. The van der Waals surface area contributed by atoms with Crippen molar-refractivity contribution in [2.75, 3.05) is 0 Å². The van der Waals surface area contributed by atoms with Gasteiger partial charge in [-0.1, -0.05) is 62.8 Å². The number of hydrogen-bond acceptors (Lipinski definition) is 8. The van der Waals surface area contributed by atoms with E-state index in [1.807, 2.05) is 10.9 Å². The topological polar surface area (TPSA) is 225 Å². The number of rotatable bonds is 13. The second kappa shape index (κ2) is 21.0. The number of amides is 2. The summed E-state index contributed by atoms with van der Waals surface area (Å²) in [4.78, 5) is 42.1. The molecule has 2 rings (SSSR count). The molecule has 12 nitrogen and oxygen atoms in total. The fourth-order valence-corrected chi connectivity index (χ4v) is 3.10. The summed E-state index contributed by atoms with van der Waals surface area (Å²) in [6.07, 6.45) is 8.51. The van der Waals surface area contributed by atoms with E-state index in [-0.39, 0.29) is 35.5 Å². The lowest BCUT2D eigenvalue weighted by molar-refractivity contribution is -0.138. The lowest BCUT2D eigenvalue weighted by Gasteiger charge is -2.00. The lowest BCUT2D eigenvalue weighted by atomic mass is 10.1. The first-order chi connectivity index (χ1) is 18.1. The zero-order valence-electron chi connectivity index (χ0n) is 21.3. The van der Waals surface area contributed by atoms with Crippen LogP contribution < -0.4 is 22.5 Å². The van der Waals surface area contributed by atoms with Crippen molar-refractivity contribution in [3.05, 3.63) is 59.7 Å². The molecule has 0 fully saturated rings. The van der Waals surface area contributed by atoms with Gasteiger partial charge in [-0.25, -0.2) is 11.7 Å². The van der Waals surface area contributed by atoms with Crippen LogP contribution in [0.2, 0.25) is 0 Å². The van der Waals surface area contributed by atoms with Gasteiger partial charge in [-0.05, 0) is 37.1 Å². The van der Waals surface area contributed by atoms with Crippen molar-refractivity contribution in [3.8, 4) is 11.5 Å². The largest absolute Gasteiger partial charge is 0.507 e. The van der Waals surface area contributed by atoms with Gasteiger partial charge in [-0.3, -0.25) is 30.0 Å². The lowest BCUT2D eigenvalue weighted by Crippen LogP contribution is -2.29. The molecule has 0 aromatic heterocycles. The van der Waals surface area contributed by atoms with Crippen molar-refractivity contribution < 1.29 is 39.6 Å². The molecule has 210 valence electrons. The smallest absolute Gasteiger partial charge is 0.303 e. The highest BCUT2D eigenvalue weighted by molar-refractivity contribution is 5.96. The number of carboxylic acids is 2. The fourth-order valence-electron chi connectivity index (χ4n) is 3.10. The van der Waals surface area contributed by atoms with E-state index in [4.69, 9.17) is 32.1 Å².